The van der Waals surface area contributed by atoms with Gasteiger partial charge in [-0.05, 0) is 66.1 Å². The van der Waals surface area contributed by atoms with E-state index < -0.39 is 16.0 Å². The Kier molecular flexibility index (Phi) is 8.77. The van der Waals surface area contributed by atoms with Crippen molar-refractivity contribution < 1.29 is 23.1 Å². The summed E-state index contributed by atoms with van der Waals surface area (Å²) in [6.07, 6.45) is 3.61. The van der Waals surface area contributed by atoms with E-state index in [4.69, 9.17) is 32.9 Å². The van der Waals surface area contributed by atoms with Crippen LogP contribution in [-0.2, 0) is 23.0 Å². The number of nitrogens with zero attached hydrogens (tertiary/aromatic N) is 2. The second-order valence-corrected chi connectivity index (χ2v) is 12.4. The second kappa shape index (κ2) is 12.5. The lowest BCUT2D eigenvalue weighted by Crippen LogP contribution is -2.13. The Balaban J connectivity index is 1.29. The molecule has 1 aromatic heterocycles. The Hall–Kier alpha value is -4.31. The summed E-state index contributed by atoms with van der Waals surface area (Å²) in [5.41, 5.74) is 4.50. The number of hydrogen-bond donors (Lipinski definition) is 2. The summed E-state index contributed by atoms with van der Waals surface area (Å²) in [6.45, 7) is 2.85. The lowest BCUT2D eigenvalue weighted by atomic mass is 10.0. The molecule has 0 bridgehead atoms. The van der Waals surface area contributed by atoms with Crippen LogP contribution in [0.3, 0.4) is 0 Å². The first-order chi connectivity index (χ1) is 20.5. The molecule has 0 unspecified atom stereocenters. The van der Waals surface area contributed by atoms with E-state index in [0.717, 1.165) is 46.6 Å². The third-order valence-electron chi connectivity index (χ3n) is 6.66. The van der Waals surface area contributed by atoms with Gasteiger partial charge in [0.15, 0.2) is 0 Å². The maximum absolute atomic E-state index is 11.7. The monoisotopic (exact) mass is 635 g/mol. The number of benzene rings is 4. The zero-order chi connectivity index (χ0) is 30.7. The van der Waals surface area contributed by atoms with Gasteiger partial charge in [-0.3, -0.25) is 4.72 Å². The molecule has 220 valence electrons. The van der Waals surface area contributed by atoms with Gasteiger partial charge in [0, 0.05) is 35.8 Å². The normalized spacial score (nSPS) is 11.3. The van der Waals surface area contributed by atoms with Crippen LogP contribution in [0.4, 0.5) is 5.69 Å². The van der Waals surface area contributed by atoms with Crippen molar-refractivity contribution in [3.05, 3.63) is 118 Å². The summed E-state index contributed by atoms with van der Waals surface area (Å²) in [7, 11) is -3.68. The molecule has 0 fully saturated rings. The lowest BCUT2D eigenvalue weighted by Gasteiger charge is -2.12. The van der Waals surface area contributed by atoms with Gasteiger partial charge in [-0.25, -0.2) is 18.2 Å². The van der Waals surface area contributed by atoms with Crippen molar-refractivity contribution in [3.8, 4) is 33.9 Å². The Bertz CT molecular complexity index is 1910. The minimum absolute atomic E-state index is 0.0735. The molecule has 0 saturated heterocycles. The first-order valence-electron chi connectivity index (χ1n) is 13.2. The third kappa shape index (κ3) is 7.37. The van der Waals surface area contributed by atoms with Crippen molar-refractivity contribution in [3.63, 3.8) is 0 Å². The molecule has 5 aromatic rings. The predicted molar refractivity (Wildman–Crippen MR) is 170 cm³/mol. The number of imidazole rings is 1. The molecule has 8 nitrogen and oxygen atoms in total. The maximum Gasteiger partial charge on any atom is 0.337 e. The van der Waals surface area contributed by atoms with Gasteiger partial charge in [0.1, 0.15) is 17.3 Å². The molecule has 43 heavy (non-hydrogen) atoms. The topological polar surface area (TPSA) is 111 Å². The van der Waals surface area contributed by atoms with Crippen molar-refractivity contribution in [2.24, 2.45) is 0 Å². The van der Waals surface area contributed by atoms with E-state index in [9.17, 15) is 18.3 Å². The molecular weight excluding hydrogens is 609 g/mol. The van der Waals surface area contributed by atoms with Crippen molar-refractivity contribution in [2.75, 3.05) is 11.0 Å². The molecule has 0 spiro atoms. The highest BCUT2D eigenvalue weighted by molar-refractivity contribution is 7.92. The van der Waals surface area contributed by atoms with E-state index in [1.54, 1.807) is 24.3 Å². The summed E-state index contributed by atoms with van der Waals surface area (Å²) in [4.78, 5) is 16.3. The average Bonchev–Trinajstić information content (AvgIpc) is 3.35. The number of aromatic nitrogens is 2. The highest BCUT2D eigenvalue weighted by Gasteiger charge is 2.16. The lowest BCUT2D eigenvalue weighted by molar-refractivity contribution is 0.0698. The fourth-order valence-corrected chi connectivity index (χ4v) is 5.68. The van der Waals surface area contributed by atoms with E-state index in [0.29, 0.717) is 28.0 Å². The van der Waals surface area contributed by atoms with Crippen LogP contribution in [-0.4, -0.2) is 35.3 Å². The van der Waals surface area contributed by atoms with Gasteiger partial charge >= 0.3 is 5.97 Å². The summed E-state index contributed by atoms with van der Waals surface area (Å²) >= 11 is 12.5. The number of halogens is 2. The first-order valence-corrected chi connectivity index (χ1v) is 15.9. The van der Waals surface area contributed by atoms with Gasteiger partial charge in [-0.15, -0.1) is 0 Å². The van der Waals surface area contributed by atoms with E-state index in [2.05, 4.69) is 40.5 Å². The average molecular weight is 637 g/mol. The first kappa shape index (κ1) is 30.2. The number of anilines is 1. The molecule has 0 atom stereocenters. The minimum Gasteiger partial charge on any atom is -0.478 e. The highest BCUT2D eigenvalue weighted by Crippen LogP contribution is 2.32. The number of aromatic carboxylic acids is 1. The summed E-state index contributed by atoms with van der Waals surface area (Å²) < 4.78 is 33.6. The van der Waals surface area contributed by atoms with E-state index in [1.165, 1.54) is 18.2 Å². The third-order valence-corrected chi connectivity index (χ3v) is 7.80. The van der Waals surface area contributed by atoms with Crippen LogP contribution < -0.4 is 9.46 Å². The fourth-order valence-electron chi connectivity index (χ4n) is 4.60. The minimum atomic E-state index is -3.68. The van der Waals surface area contributed by atoms with E-state index in [-0.39, 0.29) is 11.3 Å². The van der Waals surface area contributed by atoms with Crippen molar-refractivity contribution in [1.82, 2.24) is 9.55 Å². The Morgan fingerprint density at radius 2 is 1.58 bits per heavy atom. The molecule has 0 amide bonds. The number of carboxylic acids is 1. The van der Waals surface area contributed by atoms with Crippen molar-refractivity contribution >= 4 is 44.9 Å². The SMILES string of the molecule is CCn1cc(-c2ccc(Cl)cc2Cl)nc1Cc1ccc(-c2ccc(Oc3ccc(C(=O)O)c(NS(C)(=O)=O)c3)cc2)cc1. The molecule has 5 rings (SSSR count). The number of ether oxygens (including phenoxy) is 1. The number of hydrogen-bond acceptors (Lipinski definition) is 5. The van der Waals surface area contributed by atoms with Gasteiger partial charge in [-0.1, -0.05) is 59.6 Å². The summed E-state index contributed by atoms with van der Waals surface area (Å²) in [5.74, 6) is 0.484. The van der Waals surface area contributed by atoms with Crippen LogP contribution >= 0.6 is 23.2 Å². The Labute approximate surface area is 259 Å². The summed E-state index contributed by atoms with van der Waals surface area (Å²) in [5, 5.41) is 10.5. The van der Waals surface area contributed by atoms with Crippen molar-refractivity contribution in [1.29, 1.82) is 0 Å². The van der Waals surface area contributed by atoms with Crippen LogP contribution in [0.2, 0.25) is 10.0 Å². The summed E-state index contributed by atoms with van der Waals surface area (Å²) in [6, 6.07) is 25.2. The van der Waals surface area contributed by atoms with Crippen molar-refractivity contribution in [2.45, 2.75) is 19.9 Å². The number of aryl methyl sites for hydroxylation is 1. The number of rotatable bonds is 10. The van der Waals surface area contributed by atoms with Gasteiger partial charge in [-0.2, -0.15) is 0 Å². The van der Waals surface area contributed by atoms with Crippen LogP contribution in [0.1, 0.15) is 28.7 Å². The van der Waals surface area contributed by atoms with E-state index in [1.807, 2.05) is 24.4 Å². The van der Waals surface area contributed by atoms with Gasteiger partial charge in [0.05, 0.1) is 28.2 Å². The second-order valence-electron chi connectivity index (χ2n) is 9.84. The number of carbonyl (C=O) groups is 1. The molecule has 4 aromatic carbocycles. The van der Waals surface area contributed by atoms with Gasteiger partial charge in [0.25, 0.3) is 0 Å². The standard InChI is InChI=1S/C32H27Cl2N3O5S/c1-3-37-19-30(26-14-10-23(33)17-28(26)34)35-31(37)16-20-4-6-21(7-5-20)22-8-11-24(12-9-22)42-25-13-15-27(32(38)39)29(18-25)36-43(2,40)41/h4-15,17-19,36H,3,16H2,1-2H3,(H,38,39). The molecule has 0 aliphatic carbocycles. The molecule has 0 aliphatic heterocycles. The zero-order valence-electron chi connectivity index (χ0n) is 23.2. The Morgan fingerprint density at radius 3 is 2.19 bits per heavy atom. The van der Waals surface area contributed by atoms with E-state index >= 15 is 0 Å². The zero-order valence-corrected chi connectivity index (χ0v) is 25.5. The van der Waals surface area contributed by atoms with Crippen LogP contribution in [0.5, 0.6) is 11.5 Å². The van der Waals surface area contributed by atoms with Crippen LogP contribution in [0.15, 0.2) is 91.1 Å². The number of carboxylic acid groups (broad SMARTS) is 1. The largest absolute Gasteiger partial charge is 0.478 e. The highest BCUT2D eigenvalue weighted by atomic mass is 35.5. The molecule has 0 radical (unpaired) electrons. The molecular formula is C32H27Cl2N3O5S. The predicted octanol–water partition coefficient (Wildman–Crippen LogP) is 8.00. The molecule has 1 heterocycles. The van der Waals surface area contributed by atoms with Crippen LogP contribution in [0.25, 0.3) is 22.4 Å². The quantitative estimate of drug-likeness (QED) is 0.161. The maximum atomic E-state index is 11.7. The molecule has 11 heteroatoms. The molecule has 2 N–H and O–H groups in total. The fraction of sp³-hybridized carbons (Fsp3) is 0.125. The van der Waals surface area contributed by atoms with Gasteiger partial charge < -0.3 is 14.4 Å². The molecule has 0 saturated carbocycles. The van der Waals surface area contributed by atoms with Gasteiger partial charge in [0.2, 0.25) is 10.0 Å². The smallest absolute Gasteiger partial charge is 0.337 e. The number of sulfonamides is 1. The number of nitrogens with one attached hydrogen (secondary N) is 1. The molecule has 0 aliphatic rings. The van der Waals surface area contributed by atoms with Crippen LogP contribution in [0, 0.1) is 0 Å². The Morgan fingerprint density at radius 1 is 0.930 bits per heavy atom.